The number of carbonyl (C=O) groups excluding carboxylic acids is 1. The van der Waals surface area contributed by atoms with E-state index in [2.05, 4.69) is 4.98 Å². The number of hydrogen-bond donors (Lipinski definition) is 1. The van der Waals surface area contributed by atoms with E-state index in [9.17, 15) is 17.6 Å². The van der Waals surface area contributed by atoms with Crippen molar-refractivity contribution < 1.29 is 22.3 Å². The van der Waals surface area contributed by atoms with Crippen molar-refractivity contribution in [2.45, 2.75) is 23.8 Å². The molecule has 1 fully saturated rings. The zero-order valence-electron chi connectivity index (χ0n) is 11.9. The van der Waals surface area contributed by atoms with Gasteiger partial charge in [0, 0.05) is 6.61 Å². The maximum atomic E-state index is 12.9. The molecule has 1 aromatic heterocycles. The zero-order valence-corrected chi connectivity index (χ0v) is 13.5. The van der Waals surface area contributed by atoms with Crippen molar-refractivity contribution in [3.63, 3.8) is 0 Å². The molecule has 1 aromatic carbocycles. The first-order chi connectivity index (χ1) is 11.0. The van der Waals surface area contributed by atoms with Crippen LogP contribution in [-0.4, -0.2) is 25.9 Å². The van der Waals surface area contributed by atoms with Crippen molar-refractivity contribution in [1.29, 1.82) is 0 Å². The molecule has 0 bridgehead atoms. The first kappa shape index (κ1) is 16.0. The van der Waals surface area contributed by atoms with Crippen LogP contribution >= 0.6 is 11.3 Å². The number of halogens is 1. The number of benzene rings is 1. The third-order valence-electron chi connectivity index (χ3n) is 3.30. The summed E-state index contributed by atoms with van der Waals surface area (Å²) in [5.41, 5.74) is 0. The Morgan fingerprint density at radius 3 is 2.74 bits per heavy atom. The summed E-state index contributed by atoms with van der Waals surface area (Å²) in [4.78, 5) is 16.2. The molecule has 0 unspecified atom stereocenters. The van der Waals surface area contributed by atoms with Gasteiger partial charge in [0.15, 0.2) is 0 Å². The van der Waals surface area contributed by atoms with Crippen LogP contribution in [0.1, 0.15) is 33.6 Å². The summed E-state index contributed by atoms with van der Waals surface area (Å²) in [6.45, 7) is 0.657. The fourth-order valence-corrected chi connectivity index (χ4v) is 4.09. The third-order valence-corrected chi connectivity index (χ3v) is 5.74. The Morgan fingerprint density at radius 2 is 2.09 bits per heavy atom. The van der Waals surface area contributed by atoms with Gasteiger partial charge < -0.3 is 4.74 Å². The second-order valence-electron chi connectivity index (χ2n) is 4.95. The first-order valence-corrected chi connectivity index (χ1v) is 9.16. The normalized spacial score (nSPS) is 18.0. The Balaban J connectivity index is 1.74. The topological polar surface area (TPSA) is 85.4 Å². The fraction of sp³-hybridized carbons (Fsp3) is 0.286. The molecule has 122 valence electrons. The summed E-state index contributed by atoms with van der Waals surface area (Å²) >= 11 is 1.10. The maximum Gasteiger partial charge on any atom is 0.276 e. The van der Waals surface area contributed by atoms with Crippen LogP contribution in [0.2, 0.25) is 0 Å². The summed E-state index contributed by atoms with van der Waals surface area (Å²) in [6.07, 6.45) is 2.97. The standard InChI is InChI=1S/C14H13FN2O4S2/c15-9-3-5-10(6-4-9)23(19,20)17-13(18)12-8-16-14(22-12)11-2-1-7-21-11/h3-6,8,11H,1-2,7H2,(H,17,18)/t11-/m1/s1. The van der Waals surface area contributed by atoms with Crippen molar-refractivity contribution in [2.24, 2.45) is 0 Å². The average Bonchev–Trinajstić information content (AvgIpc) is 3.18. The molecule has 9 heteroatoms. The molecule has 1 N–H and O–H groups in total. The van der Waals surface area contributed by atoms with Gasteiger partial charge in [0.1, 0.15) is 21.8 Å². The van der Waals surface area contributed by atoms with Crippen molar-refractivity contribution in [3.8, 4) is 0 Å². The number of thiazole rings is 1. The molecule has 2 heterocycles. The van der Waals surface area contributed by atoms with E-state index >= 15 is 0 Å². The van der Waals surface area contributed by atoms with Crippen LogP contribution in [0, 0.1) is 5.82 Å². The number of ether oxygens (including phenoxy) is 1. The highest BCUT2D eigenvalue weighted by Gasteiger charge is 2.24. The highest BCUT2D eigenvalue weighted by molar-refractivity contribution is 7.90. The van der Waals surface area contributed by atoms with Crippen molar-refractivity contribution >= 4 is 27.3 Å². The Morgan fingerprint density at radius 1 is 1.35 bits per heavy atom. The molecule has 0 spiro atoms. The Kier molecular flexibility index (Phi) is 4.42. The quantitative estimate of drug-likeness (QED) is 0.908. The highest BCUT2D eigenvalue weighted by atomic mass is 32.2. The van der Waals surface area contributed by atoms with Gasteiger partial charge in [0.25, 0.3) is 15.9 Å². The van der Waals surface area contributed by atoms with E-state index in [-0.39, 0.29) is 15.9 Å². The molecule has 1 aliphatic heterocycles. The van der Waals surface area contributed by atoms with Crippen LogP contribution in [-0.2, 0) is 14.8 Å². The minimum absolute atomic E-state index is 0.129. The molecular formula is C14H13FN2O4S2. The number of aromatic nitrogens is 1. The van der Waals surface area contributed by atoms with Crippen LogP contribution < -0.4 is 4.72 Å². The van der Waals surface area contributed by atoms with Crippen LogP contribution in [0.3, 0.4) is 0 Å². The van der Waals surface area contributed by atoms with Gasteiger partial charge >= 0.3 is 0 Å². The van der Waals surface area contributed by atoms with Gasteiger partial charge in [-0.15, -0.1) is 11.3 Å². The number of nitrogens with one attached hydrogen (secondary N) is 1. The summed E-state index contributed by atoms with van der Waals surface area (Å²) in [5, 5.41) is 0.659. The zero-order chi connectivity index (χ0) is 16.4. The fourth-order valence-electron chi connectivity index (χ4n) is 2.16. The minimum Gasteiger partial charge on any atom is -0.371 e. The van der Waals surface area contributed by atoms with Crippen LogP contribution in [0.4, 0.5) is 4.39 Å². The van der Waals surface area contributed by atoms with E-state index in [4.69, 9.17) is 4.74 Å². The maximum absolute atomic E-state index is 12.9. The van der Waals surface area contributed by atoms with E-state index in [0.717, 1.165) is 48.4 Å². The lowest BCUT2D eigenvalue weighted by atomic mass is 10.2. The third kappa shape index (κ3) is 3.57. The summed E-state index contributed by atoms with van der Waals surface area (Å²) in [6, 6.07) is 4.22. The first-order valence-electron chi connectivity index (χ1n) is 6.86. The van der Waals surface area contributed by atoms with Crippen LogP contribution in [0.25, 0.3) is 0 Å². The summed E-state index contributed by atoms with van der Waals surface area (Å²) in [5.74, 6) is -1.32. The largest absolute Gasteiger partial charge is 0.371 e. The monoisotopic (exact) mass is 356 g/mol. The van der Waals surface area contributed by atoms with Gasteiger partial charge in [0.2, 0.25) is 0 Å². The molecule has 0 aliphatic carbocycles. The molecule has 2 aromatic rings. The van der Waals surface area contributed by atoms with Crippen molar-refractivity contribution in [2.75, 3.05) is 6.61 Å². The molecule has 1 saturated heterocycles. The number of nitrogens with zero attached hydrogens (tertiary/aromatic N) is 1. The lowest BCUT2D eigenvalue weighted by Gasteiger charge is -2.05. The molecule has 6 nitrogen and oxygen atoms in total. The molecule has 1 aliphatic rings. The van der Waals surface area contributed by atoms with E-state index in [1.807, 2.05) is 4.72 Å². The molecule has 3 rings (SSSR count). The van der Waals surface area contributed by atoms with E-state index in [1.165, 1.54) is 6.20 Å². The number of rotatable bonds is 4. The predicted octanol–water partition coefficient (Wildman–Crippen LogP) is 2.25. The molecular weight excluding hydrogens is 343 g/mol. The second-order valence-corrected chi connectivity index (χ2v) is 7.70. The lowest BCUT2D eigenvalue weighted by molar-refractivity contribution is 0.0985. The van der Waals surface area contributed by atoms with Gasteiger partial charge in [-0.05, 0) is 37.1 Å². The van der Waals surface area contributed by atoms with Crippen LogP contribution in [0.5, 0.6) is 0 Å². The van der Waals surface area contributed by atoms with E-state index in [1.54, 1.807) is 0 Å². The number of amides is 1. The molecule has 1 amide bonds. The second kappa shape index (κ2) is 6.34. The molecule has 0 saturated carbocycles. The average molecular weight is 356 g/mol. The predicted molar refractivity (Wildman–Crippen MR) is 81.1 cm³/mol. The van der Waals surface area contributed by atoms with Gasteiger partial charge in [-0.25, -0.2) is 22.5 Å². The van der Waals surface area contributed by atoms with Crippen molar-refractivity contribution in [3.05, 3.63) is 46.2 Å². The number of carbonyl (C=O) groups is 1. The number of sulfonamides is 1. The van der Waals surface area contributed by atoms with Crippen molar-refractivity contribution in [1.82, 2.24) is 9.71 Å². The smallest absolute Gasteiger partial charge is 0.276 e. The molecule has 23 heavy (non-hydrogen) atoms. The highest BCUT2D eigenvalue weighted by Crippen LogP contribution is 2.31. The molecule has 1 atom stereocenters. The Bertz CT molecular complexity index is 812. The number of hydrogen-bond acceptors (Lipinski definition) is 6. The van der Waals surface area contributed by atoms with Gasteiger partial charge in [-0.3, -0.25) is 4.79 Å². The Hall–Kier alpha value is -1.84. The van der Waals surface area contributed by atoms with Crippen LogP contribution in [0.15, 0.2) is 35.4 Å². The van der Waals surface area contributed by atoms with Gasteiger partial charge in [-0.2, -0.15) is 0 Å². The summed E-state index contributed by atoms with van der Waals surface area (Å²) < 4.78 is 44.5. The lowest BCUT2D eigenvalue weighted by Crippen LogP contribution is -2.30. The molecule has 0 radical (unpaired) electrons. The SMILES string of the molecule is O=C(NS(=O)(=O)c1ccc(F)cc1)c1cnc([C@H]2CCCO2)s1. The Labute approximate surface area is 136 Å². The summed E-state index contributed by atoms with van der Waals surface area (Å²) in [7, 11) is -4.05. The van der Waals surface area contributed by atoms with Gasteiger partial charge in [0.05, 0.1) is 11.1 Å². The van der Waals surface area contributed by atoms with Gasteiger partial charge in [-0.1, -0.05) is 0 Å². The van der Waals surface area contributed by atoms with E-state index < -0.39 is 21.7 Å². The minimum atomic E-state index is -4.05. The van der Waals surface area contributed by atoms with E-state index in [0.29, 0.717) is 11.6 Å².